The average molecular weight is 393 g/mol. The molecule has 0 spiro atoms. The summed E-state index contributed by atoms with van der Waals surface area (Å²) in [7, 11) is 0. The first-order valence-corrected chi connectivity index (χ1v) is 10.6. The summed E-state index contributed by atoms with van der Waals surface area (Å²) in [5, 5.41) is 5.14. The lowest BCUT2D eigenvalue weighted by Crippen LogP contribution is -2.45. The number of rotatable bonds is 6. The van der Waals surface area contributed by atoms with E-state index in [-0.39, 0.29) is 11.3 Å². The highest BCUT2D eigenvalue weighted by Gasteiger charge is 2.34. The summed E-state index contributed by atoms with van der Waals surface area (Å²) in [6.07, 6.45) is 1.85. The van der Waals surface area contributed by atoms with E-state index in [2.05, 4.69) is 40.6 Å². The molecule has 3 aromatic rings. The Morgan fingerprint density at radius 3 is 2.57 bits per heavy atom. The minimum absolute atomic E-state index is 0.0406. The van der Waals surface area contributed by atoms with Crippen molar-refractivity contribution in [1.29, 1.82) is 0 Å². The number of pyridine rings is 1. The molecule has 1 saturated heterocycles. The SMILES string of the molecule is O=C(CSc1ccc2ccccc2n1)NCC1(c2ccccc2)CCOCC1. The van der Waals surface area contributed by atoms with Crippen molar-refractivity contribution in [3.63, 3.8) is 0 Å². The summed E-state index contributed by atoms with van der Waals surface area (Å²) in [5.74, 6) is 0.411. The fourth-order valence-electron chi connectivity index (χ4n) is 3.71. The van der Waals surface area contributed by atoms with Crippen LogP contribution in [0.2, 0.25) is 0 Å². The van der Waals surface area contributed by atoms with Gasteiger partial charge in [0.15, 0.2) is 0 Å². The van der Waals surface area contributed by atoms with Crippen molar-refractivity contribution in [2.75, 3.05) is 25.5 Å². The summed E-state index contributed by atoms with van der Waals surface area (Å²) in [6.45, 7) is 2.12. The zero-order valence-corrected chi connectivity index (χ0v) is 16.6. The third-order valence-corrected chi connectivity index (χ3v) is 6.31. The Morgan fingerprint density at radius 1 is 1.00 bits per heavy atom. The Hall–Kier alpha value is -2.37. The number of amides is 1. The quantitative estimate of drug-likeness (QED) is 0.639. The van der Waals surface area contributed by atoms with Gasteiger partial charge in [-0.1, -0.05) is 66.4 Å². The molecule has 1 aromatic heterocycles. The standard InChI is InChI=1S/C23H24N2O2S/c26-21(16-28-22-11-10-18-6-4-5-9-20(18)25-22)24-17-23(12-14-27-15-13-23)19-7-2-1-3-8-19/h1-11H,12-17H2,(H,24,26). The summed E-state index contributed by atoms with van der Waals surface area (Å²) in [5.41, 5.74) is 2.20. The predicted octanol–water partition coefficient (Wildman–Crippen LogP) is 4.19. The van der Waals surface area contributed by atoms with Gasteiger partial charge in [-0.2, -0.15) is 0 Å². The van der Waals surface area contributed by atoms with Gasteiger partial charge < -0.3 is 10.1 Å². The highest BCUT2D eigenvalue weighted by molar-refractivity contribution is 7.99. The van der Waals surface area contributed by atoms with Crippen LogP contribution in [-0.2, 0) is 14.9 Å². The molecule has 1 fully saturated rings. The smallest absolute Gasteiger partial charge is 0.230 e. The summed E-state index contributed by atoms with van der Waals surface area (Å²) < 4.78 is 5.57. The zero-order valence-electron chi connectivity index (χ0n) is 15.8. The van der Waals surface area contributed by atoms with Crippen LogP contribution in [-0.4, -0.2) is 36.4 Å². The molecule has 1 aliphatic heterocycles. The molecule has 144 valence electrons. The van der Waals surface area contributed by atoms with Gasteiger partial charge in [-0.25, -0.2) is 4.98 Å². The molecular weight excluding hydrogens is 368 g/mol. The van der Waals surface area contributed by atoms with Gasteiger partial charge in [-0.05, 0) is 30.5 Å². The molecule has 1 amide bonds. The van der Waals surface area contributed by atoms with E-state index < -0.39 is 0 Å². The van der Waals surface area contributed by atoms with E-state index in [4.69, 9.17) is 4.74 Å². The third-order valence-electron chi connectivity index (χ3n) is 5.38. The molecule has 4 nitrogen and oxygen atoms in total. The summed E-state index contributed by atoms with van der Waals surface area (Å²) >= 11 is 1.48. The van der Waals surface area contributed by atoms with Crippen LogP contribution in [0.25, 0.3) is 10.9 Å². The number of nitrogens with one attached hydrogen (secondary N) is 1. The van der Waals surface area contributed by atoms with E-state index in [9.17, 15) is 4.79 Å². The van der Waals surface area contributed by atoms with E-state index in [0.717, 1.165) is 42.0 Å². The van der Waals surface area contributed by atoms with E-state index in [0.29, 0.717) is 12.3 Å². The van der Waals surface area contributed by atoms with Crippen LogP contribution in [0, 0.1) is 0 Å². The van der Waals surface area contributed by atoms with Gasteiger partial charge in [0.05, 0.1) is 16.3 Å². The largest absolute Gasteiger partial charge is 0.381 e. The van der Waals surface area contributed by atoms with Gasteiger partial charge in [-0.3, -0.25) is 4.79 Å². The molecule has 4 rings (SSSR count). The van der Waals surface area contributed by atoms with Gasteiger partial charge >= 0.3 is 0 Å². The Bertz CT molecular complexity index is 939. The molecule has 1 aliphatic rings. The lowest BCUT2D eigenvalue weighted by Gasteiger charge is -2.38. The number of thioether (sulfide) groups is 1. The molecule has 2 aromatic carbocycles. The second kappa shape index (κ2) is 8.76. The number of ether oxygens (including phenoxy) is 1. The molecule has 0 bridgehead atoms. The zero-order chi connectivity index (χ0) is 19.2. The molecule has 2 heterocycles. The van der Waals surface area contributed by atoms with E-state index in [1.165, 1.54) is 17.3 Å². The molecule has 0 atom stereocenters. The number of fused-ring (bicyclic) bond motifs is 1. The Balaban J connectivity index is 1.37. The fourth-order valence-corrected chi connectivity index (χ4v) is 4.42. The van der Waals surface area contributed by atoms with Crippen LogP contribution in [0.1, 0.15) is 18.4 Å². The van der Waals surface area contributed by atoms with Crippen LogP contribution >= 0.6 is 11.8 Å². The molecule has 0 aliphatic carbocycles. The number of benzene rings is 2. The number of carbonyl (C=O) groups is 1. The second-order valence-electron chi connectivity index (χ2n) is 7.17. The van der Waals surface area contributed by atoms with Crippen LogP contribution in [0.3, 0.4) is 0 Å². The summed E-state index contributed by atoms with van der Waals surface area (Å²) in [4.78, 5) is 17.1. The maximum absolute atomic E-state index is 12.5. The number of nitrogens with zero attached hydrogens (tertiary/aromatic N) is 1. The lowest BCUT2D eigenvalue weighted by atomic mass is 9.74. The Kier molecular flexibility index (Phi) is 5.93. The van der Waals surface area contributed by atoms with Crippen LogP contribution in [0.4, 0.5) is 0 Å². The van der Waals surface area contributed by atoms with Crippen molar-refractivity contribution < 1.29 is 9.53 Å². The van der Waals surface area contributed by atoms with E-state index >= 15 is 0 Å². The first kappa shape index (κ1) is 19.0. The number of para-hydroxylation sites is 1. The molecule has 0 saturated carbocycles. The number of carbonyl (C=O) groups excluding carboxylic acids is 1. The molecular formula is C23H24N2O2S. The highest BCUT2D eigenvalue weighted by Crippen LogP contribution is 2.34. The van der Waals surface area contributed by atoms with Crippen molar-refractivity contribution in [1.82, 2.24) is 10.3 Å². The predicted molar refractivity (Wildman–Crippen MR) is 114 cm³/mol. The molecule has 1 N–H and O–H groups in total. The third kappa shape index (κ3) is 4.37. The first-order chi connectivity index (χ1) is 13.8. The number of hydrogen-bond donors (Lipinski definition) is 1. The second-order valence-corrected chi connectivity index (χ2v) is 8.16. The maximum Gasteiger partial charge on any atom is 0.230 e. The van der Waals surface area contributed by atoms with Gasteiger partial charge in [-0.15, -0.1) is 0 Å². The minimum atomic E-state index is -0.0406. The Labute approximate surface area is 169 Å². The van der Waals surface area contributed by atoms with Gasteiger partial charge in [0, 0.05) is 30.6 Å². The minimum Gasteiger partial charge on any atom is -0.381 e. The molecule has 0 radical (unpaired) electrons. The molecule has 0 unspecified atom stereocenters. The van der Waals surface area contributed by atoms with Crippen molar-refractivity contribution in [2.24, 2.45) is 0 Å². The van der Waals surface area contributed by atoms with E-state index in [1.54, 1.807) is 0 Å². The topological polar surface area (TPSA) is 51.2 Å². The molecule has 5 heteroatoms. The van der Waals surface area contributed by atoms with E-state index in [1.807, 2.05) is 36.4 Å². The maximum atomic E-state index is 12.5. The van der Waals surface area contributed by atoms with Gasteiger partial charge in [0.25, 0.3) is 0 Å². The Morgan fingerprint density at radius 2 is 1.75 bits per heavy atom. The number of aromatic nitrogens is 1. The van der Waals surface area contributed by atoms with Gasteiger partial charge in [0.1, 0.15) is 0 Å². The normalized spacial score (nSPS) is 16.0. The lowest BCUT2D eigenvalue weighted by molar-refractivity contribution is -0.119. The number of hydrogen-bond acceptors (Lipinski definition) is 4. The first-order valence-electron chi connectivity index (χ1n) is 9.64. The summed E-state index contributed by atoms with van der Waals surface area (Å²) in [6, 6.07) is 22.5. The van der Waals surface area contributed by atoms with Crippen molar-refractivity contribution in [3.8, 4) is 0 Å². The van der Waals surface area contributed by atoms with Gasteiger partial charge in [0.2, 0.25) is 5.91 Å². The fraction of sp³-hybridized carbons (Fsp3) is 0.304. The van der Waals surface area contributed by atoms with Crippen molar-refractivity contribution in [2.45, 2.75) is 23.3 Å². The van der Waals surface area contributed by atoms with Crippen molar-refractivity contribution >= 4 is 28.6 Å². The van der Waals surface area contributed by atoms with Crippen LogP contribution < -0.4 is 5.32 Å². The van der Waals surface area contributed by atoms with Crippen LogP contribution in [0.15, 0.2) is 71.8 Å². The highest BCUT2D eigenvalue weighted by atomic mass is 32.2. The monoisotopic (exact) mass is 392 g/mol. The van der Waals surface area contributed by atoms with Crippen molar-refractivity contribution in [3.05, 3.63) is 72.3 Å². The molecule has 28 heavy (non-hydrogen) atoms. The van der Waals surface area contributed by atoms with Crippen LogP contribution in [0.5, 0.6) is 0 Å². The average Bonchev–Trinajstić information content (AvgIpc) is 2.77.